The average Bonchev–Trinajstić information content (AvgIpc) is 2.89. The van der Waals surface area contributed by atoms with Crippen LogP contribution in [0.1, 0.15) is 45.0 Å². The first-order valence-electron chi connectivity index (χ1n) is 7.89. The molecule has 0 aliphatic heterocycles. The van der Waals surface area contributed by atoms with Crippen molar-refractivity contribution in [1.82, 2.24) is 0 Å². The van der Waals surface area contributed by atoms with Gasteiger partial charge in [0, 0.05) is 11.1 Å². The van der Waals surface area contributed by atoms with Crippen molar-refractivity contribution in [3.05, 3.63) is 56.9 Å². The number of esters is 1. The van der Waals surface area contributed by atoms with Crippen molar-refractivity contribution in [2.75, 3.05) is 11.9 Å². The van der Waals surface area contributed by atoms with E-state index in [4.69, 9.17) is 16.3 Å². The zero-order chi connectivity index (χ0) is 19.3. The number of Topliss-reactive ketones (excluding diaryl/α,β-unsaturated/α-hetero) is 1. The molecule has 2 rings (SSSR count). The highest BCUT2D eigenvalue weighted by atomic mass is 35.5. The third-order valence-corrected chi connectivity index (χ3v) is 5.00. The second kappa shape index (κ2) is 8.78. The molecule has 1 aromatic heterocycles. The molecule has 1 amide bonds. The molecule has 0 unspecified atom stereocenters. The van der Waals surface area contributed by atoms with E-state index >= 15 is 0 Å². The molecule has 1 aromatic carbocycles. The summed E-state index contributed by atoms with van der Waals surface area (Å²) in [5.41, 5.74) is 1.49. The molecule has 1 heterocycles. The van der Waals surface area contributed by atoms with Crippen LogP contribution in [-0.4, -0.2) is 24.3 Å². The summed E-state index contributed by atoms with van der Waals surface area (Å²) in [7, 11) is 0. The number of amides is 1. The van der Waals surface area contributed by atoms with Crippen molar-refractivity contribution in [3.63, 3.8) is 0 Å². The summed E-state index contributed by atoms with van der Waals surface area (Å²) >= 11 is 6.97. The van der Waals surface area contributed by atoms with Gasteiger partial charge in [-0.3, -0.25) is 9.59 Å². The van der Waals surface area contributed by atoms with Crippen molar-refractivity contribution < 1.29 is 19.1 Å². The van der Waals surface area contributed by atoms with E-state index in [0.29, 0.717) is 20.5 Å². The maximum absolute atomic E-state index is 12.2. The molecule has 5 nitrogen and oxygen atoms in total. The average molecular weight is 392 g/mol. The zero-order valence-electron chi connectivity index (χ0n) is 14.6. The number of carbonyl (C=O) groups is 3. The van der Waals surface area contributed by atoms with Crippen molar-refractivity contribution >= 4 is 51.7 Å². The summed E-state index contributed by atoms with van der Waals surface area (Å²) in [4.78, 5) is 36.6. The number of carbonyl (C=O) groups excluding carboxylic acids is 3. The van der Waals surface area contributed by atoms with Crippen LogP contribution in [0, 0.1) is 6.92 Å². The Labute approximate surface area is 160 Å². The molecule has 7 heteroatoms. The van der Waals surface area contributed by atoms with Crippen LogP contribution in [0.3, 0.4) is 0 Å². The second-order valence-electron chi connectivity index (χ2n) is 5.41. The Kier molecular flexibility index (Phi) is 6.71. The quantitative estimate of drug-likeness (QED) is 0.438. The van der Waals surface area contributed by atoms with Gasteiger partial charge in [0.1, 0.15) is 5.00 Å². The zero-order valence-corrected chi connectivity index (χ0v) is 16.2. The summed E-state index contributed by atoms with van der Waals surface area (Å²) in [5.74, 6) is -1.16. The van der Waals surface area contributed by atoms with Crippen LogP contribution in [0.5, 0.6) is 0 Å². The van der Waals surface area contributed by atoms with Gasteiger partial charge in [0.2, 0.25) is 5.91 Å². The number of nitrogens with one attached hydrogen (secondary N) is 1. The van der Waals surface area contributed by atoms with Gasteiger partial charge >= 0.3 is 5.97 Å². The lowest BCUT2D eigenvalue weighted by Gasteiger charge is -2.05. The number of thiophene rings is 1. The van der Waals surface area contributed by atoms with Crippen molar-refractivity contribution in [2.45, 2.75) is 20.8 Å². The fourth-order valence-electron chi connectivity index (χ4n) is 2.32. The molecule has 0 aliphatic carbocycles. The molecule has 0 spiro atoms. The summed E-state index contributed by atoms with van der Waals surface area (Å²) in [6.45, 7) is 4.97. The minimum atomic E-state index is -0.567. The van der Waals surface area contributed by atoms with Crippen LogP contribution in [0.4, 0.5) is 5.00 Å². The van der Waals surface area contributed by atoms with Crippen LogP contribution in [-0.2, 0) is 9.53 Å². The molecule has 0 fully saturated rings. The highest BCUT2D eigenvalue weighted by molar-refractivity contribution is 7.18. The van der Waals surface area contributed by atoms with E-state index < -0.39 is 11.9 Å². The Morgan fingerprint density at radius 3 is 2.65 bits per heavy atom. The predicted octanol–water partition coefficient (Wildman–Crippen LogP) is 4.74. The standard InChI is InChI=1S/C19H18ClNO4S/c1-4-25-19(24)16-11(2)17(12(3)22)26-18(16)21-15(23)9-8-13-6-5-7-14(20)10-13/h5-10H,4H2,1-3H3,(H,21,23). The highest BCUT2D eigenvalue weighted by Crippen LogP contribution is 2.34. The summed E-state index contributed by atoms with van der Waals surface area (Å²) in [6.07, 6.45) is 2.95. The molecule has 0 bridgehead atoms. The lowest BCUT2D eigenvalue weighted by molar-refractivity contribution is -0.111. The monoisotopic (exact) mass is 391 g/mol. The largest absolute Gasteiger partial charge is 0.462 e. The summed E-state index contributed by atoms with van der Waals surface area (Å²) in [5, 5.41) is 3.52. The van der Waals surface area contributed by atoms with Gasteiger partial charge in [0.15, 0.2) is 5.78 Å². The molecule has 136 valence electrons. The number of anilines is 1. The van der Waals surface area contributed by atoms with Gasteiger partial charge in [-0.05, 0) is 50.1 Å². The van der Waals surface area contributed by atoms with E-state index in [2.05, 4.69) is 5.32 Å². The van der Waals surface area contributed by atoms with Crippen LogP contribution in [0.25, 0.3) is 6.08 Å². The highest BCUT2D eigenvalue weighted by Gasteiger charge is 2.24. The number of halogens is 1. The first kappa shape index (κ1) is 19.9. The van der Waals surface area contributed by atoms with Gasteiger partial charge in [-0.15, -0.1) is 11.3 Å². The van der Waals surface area contributed by atoms with Gasteiger partial charge in [-0.1, -0.05) is 23.7 Å². The van der Waals surface area contributed by atoms with Gasteiger partial charge in [-0.2, -0.15) is 0 Å². The third kappa shape index (κ3) is 4.80. The smallest absolute Gasteiger partial charge is 0.341 e. The Balaban J connectivity index is 2.27. The van der Waals surface area contributed by atoms with Crippen LogP contribution < -0.4 is 5.32 Å². The number of benzene rings is 1. The number of ether oxygens (including phenoxy) is 1. The van der Waals surface area contributed by atoms with Crippen molar-refractivity contribution in [1.29, 1.82) is 0 Å². The number of ketones is 1. The van der Waals surface area contributed by atoms with Crippen LogP contribution >= 0.6 is 22.9 Å². The Hall–Kier alpha value is -2.44. The van der Waals surface area contributed by atoms with Gasteiger partial charge < -0.3 is 10.1 Å². The first-order valence-corrected chi connectivity index (χ1v) is 9.09. The summed E-state index contributed by atoms with van der Waals surface area (Å²) in [6, 6.07) is 7.05. The summed E-state index contributed by atoms with van der Waals surface area (Å²) < 4.78 is 5.04. The Bertz CT molecular complexity index is 886. The van der Waals surface area contributed by atoms with E-state index in [-0.39, 0.29) is 18.0 Å². The number of hydrogen-bond donors (Lipinski definition) is 1. The maximum Gasteiger partial charge on any atom is 0.341 e. The predicted molar refractivity (Wildman–Crippen MR) is 104 cm³/mol. The third-order valence-electron chi connectivity index (χ3n) is 3.46. The van der Waals surface area contributed by atoms with E-state index in [9.17, 15) is 14.4 Å². The molecule has 1 N–H and O–H groups in total. The van der Waals surface area contributed by atoms with Gasteiger partial charge in [0.25, 0.3) is 0 Å². The molecule has 0 atom stereocenters. The van der Waals surface area contributed by atoms with E-state index in [1.807, 2.05) is 6.07 Å². The first-order chi connectivity index (χ1) is 12.3. The SMILES string of the molecule is CCOC(=O)c1c(NC(=O)C=Cc2cccc(Cl)c2)sc(C(C)=O)c1C. The number of rotatable bonds is 6. The molecule has 0 saturated heterocycles. The van der Waals surface area contributed by atoms with Crippen LogP contribution in [0.2, 0.25) is 5.02 Å². The molecular weight excluding hydrogens is 374 g/mol. The Morgan fingerprint density at radius 1 is 1.31 bits per heavy atom. The minimum absolute atomic E-state index is 0.173. The van der Waals surface area contributed by atoms with Gasteiger partial charge in [0.05, 0.1) is 17.0 Å². The maximum atomic E-state index is 12.2. The normalized spacial score (nSPS) is 10.8. The molecule has 0 aliphatic rings. The van der Waals surface area contributed by atoms with Crippen molar-refractivity contribution in [3.8, 4) is 0 Å². The minimum Gasteiger partial charge on any atom is -0.462 e. The molecule has 26 heavy (non-hydrogen) atoms. The number of hydrogen-bond acceptors (Lipinski definition) is 5. The topological polar surface area (TPSA) is 72.5 Å². The van der Waals surface area contributed by atoms with Crippen LogP contribution in [0.15, 0.2) is 30.3 Å². The molecule has 2 aromatic rings. The second-order valence-corrected chi connectivity index (χ2v) is 6.87. The van der Waals surface area contributed by atoms with E-state index in [0.717, 1.165) is 16.9 Å². The fraction of sp³-hybridized carbons (Fsp3) is 0.211. The molecule has 0 saturated carbocycles. The van der Waals surface area contributed by atoms with Crippen molar-refractivity contribution in [2.24, 2.45) is 0 Å². The molecule has 0 radical (unpaired) electrons. The Morgan fingerprint density at radius 2 is 2.04 bits per heavy atom. The fourth-order valence-corrected chi connectivity index (χ4v) is 3.61. The lowest BCUT2D eigenvalue weighted by atomic mass is 10.1. The lowest BCUT2D eigenvalue weighted by Crippen LogP contribution is -2.12. The van der Waals surface area contributed by atoms with E-state index in [1.54, 1.807) is 38.1 Å². The van der Waals surface area contributed by atoms with Gasteiger partial charge in [-0.25, -0.2) is 4.79 Å². The van der Waals surface area contributed by atoms with E-state index in [1.165, 1.54) is 13.0 Å². The molecular formula is C19H18ClNO4S.